The Bertz CT molecular complexity index is 497. The Labute approximate surface area is 135 Å². The zero-order valence-corrected chi connectivity index (χ0v) is 13.6. The molecule has 1 aromatic rings. The van der Waals surface area contributed by atoms with Crippen LogP contribution in [0.25, 0.3) is 0 Å². The second kappa shape index (κ2) is 7.33. The fourth-order valence-corrected chi connectivity index (χ4v) is 4.15. The molecule has 2 aliphatic rings. The lowest BCUT2D eigenvalue weighted by Crippen LogP contribution is -2.39. The first-order valence-electron chi connectivity index (χ1n) is 8.01. The van der Waals surface area contributed by atoms with E-state index in [-0.39, 0.29) is 0 Å². The molecule has 3 rings (SSSR count). The Kier molecular flexibility index (Phi) is 5.20. The van der Waals surface area contributed by atoms with Gasteiger partial charge in [0, 0.05) is 43.9 Å². The van der Waals surface area contributed by atoms with Crippen LogP contribution in [0.2, 0.25) is 0 Å². The molecule has 1 aromatic heterocycles. The highest BCUT2D eigenvalue weighted by Gasteiger charge is 2.29. The monoisotopic (exact) mass is 321 g/mol. The van der Waals surface area contributed by atoms with Crippen molar-refractivity contribution in [3.05, 3.63) is 23.9 Å². The van der Waals surface area contributed by atoms with Gasteiger partial charge in [-0.3, -0.25) is 9.69 Å². The molecule has 3 heterocycles. The molecule has 0 saturated carbocycles. The number of anilines is 1. The summed E-state index contributed by atoms with van der Waals surface area (Å²) >= 11 is 1.89. The largest absolute Gasteiger partial charge is 0.480 e. The number of hydrogen-bond acceptors (Lipinski definition) is 5. The van der Waals surface area contributed by atoms with Crippen LogP contribution >= 0.6 is 11.8 Å². The number of carboxylic acids is 1. The molecule has 2 aliphatic heterocycles. The van der Waals surface area contributed by atoms with E-state index in [1.54, 1.807) is 6.20 Å². The summed E-state index contributed by atoms with van der Waals surface area (Å²) in [7, 11) is 0. The SMILES string of the molecule is O=C(O)C(c1ccc(N2CCCCC2)nc1)N1CCSCC1. The number of carboxylic acid groups (broad SMARTS) is 1. The van der Waals surface area contributed by atoms with Gasteiger partial charge >= 0.3 is 5.97 Å². The van der Waals surface area contributed by atoms with Crippen LogP contribution in [-0.2, 0) is 4.79 Å². The van der Waals surface area contributed by atoms with Crippen molar-refractivity contribution in [2.24, 2.45) is 0 Å². The molecule has 5 nitrogen and oxygen atoms in total. The lowest BCUT2D eigenvalue weighted by molar-refractivity contribution is -0.143. The quantitative estimate of drug-likeness (QED) is 0.918. The number of hydrogen-bond donors (Lipinski definition) is 1. The lowest BCUT2D eigenvalue weighted by atomic mass is 10.1. The minimum absolute atomic E-state index is 0.566. The van der Waals surface area contributed by atoms with Gasteiger partial charge in [0.25, 0.3) is 0 Å². The molecular weight excluding hydrogens is 298 g/mol. The summed E-state index contributed by atoms with van der Waals surface area (Å²) in [5, 5.41) is 9.61. The van der Waals surface area contributed by atoms with Crippen molar-refractivity contribution < 1.29 is 9.90 Å². The van der Waals surface area contributed by atoms with Gasteiger partial charge in [0.15, 0.2) is 0 Å². The van der Waals surface area contributed by atoms with Gasteiger partial charge in [-0.15, -0.1) is 0 Å². The first-order chi connectivity index (χ1) is 10.8. The second-order valence-corrected chi connectivity index (χ2v) is 7.11. The molecule has 0 aromatic carbocycles. The third kappa shape index (κ3) is 3.55. The van der Waals surface area contributed by atoms with Crippen molar-refractivity contribution in [3.63, 3.8) is 0 Å². The standard InChI is InChI=1S/C16H23N3O2S/c20-16(21)15(19-8-10-22-11-9-19)13-4-5-14(17-12-13)18-6-2-1-3-7-18/h4-5,12,15H,1-3,6-11H2,(H,20,21). The van der Waals surface area contributed by atoms with Crippen LogP contribution in [0.5, 0.6) is 0 Å². The van der Waals surface area contributed by atoms with E-state index in [1.165, 1.54) is 19.3 Å². The topological polar surface area (TPSA) is 56.7 Å². The smallest absolute Gasteiger partial charge is 0.325 e. The molecular formula is C16H23N3O2S. The maximum atomic E-state index is 11.7. The number of aliphatic carboxylic acids is 1. The van der Waals surface area contributed by atoms with Gasteiger partial charge in [0.1, 0.15) is 11.9 Å². The molecule has 2 saturated heterocycles. The van der Waals surface area contributed by atoms with Crippen molar-refractivity contribution in [1.82, 2.24) is 9.88 Å². The van der Waals surface area contributed by atoms with Crippen LogP contribution in [0.1, 0.15) is 30.9 Å². The third-order valence-corrected chi connectivity index (χ3v) is 5.35. The average Bonchev–Trinajstić information content (AvgIpc) is 2.57. The summed E-state index contributed by atoms with van der Waals surface area (Å²) in [5.41, 5.74) is 0.792. The summed E-state index contributed by atoms with van der Waals surface area (Å²) in [6, 6.07) is 3.36. The summed E-state index contributed by atoms with van der Waals surface area (Å²) in [5.74, 6) is 2.20. The van der Waals surface area contributed by atoms with E-state index in [1.807, 2.05) is 23.9 Å². The zero-order valence-electron chi connectivity index (χ0n) is 12.8. The minimum atomic E-state index is -0.778. The van der Waals surface area contributed by atoms with Gasteiger partial charge in [-0.1, -0.05) is 6.07 Å². The van der Waals surface area contributed by atoms with Crippen molar-refractivity contribution in [2.75, 3.05) is 42.6 Å². The Morgan fingerprint density at radius 2 is 1.86 bits per heavy atom. The number of piperidine rings is 1. The highest BCUT2D eigenvalue weighted by atomic mass is 32.2. The molecule has 2 fully saturated rings. The molecule has 1 N–H and O–H groups in total. The molecule has 0 amide bonds. The first kappa shape index (κ1) is 15.6. The summed E-state index contributed by atoms with van der Waals surface area (Å²) in [4.78, 5) is 20.6. The summed E-state index contributed by atoms with van der Waals surface area (Å²) < 4.78 is 0. The molecule has 0 aliphatic carbocycles. The van der Waals surface area contributed by atoms with Crippen LogP contribution < -0.4 is 4.90 Å². The highest BCUT2D eigenvalue weighted by molar-refractivity contribution is 7.99. The molecule has 0 bridgehead atoms. The molecule has 120 valence electrons. The Morgan fingerprint density at radius 1 is 1.14 bits per heavy atom. The van der Waals surface area contributed by atoms with Gasteiger partial charge in [-0.05, 0) is 30.9 Å². The Morgan fingerprint density at radius 3 is 2.45 bits per heavy atom. The van der Waals surface area contributed by atoms with E-state index in [9.17, 15) is 9.90 Å². The van der Waals surface area contributed by atoms with Gasteiger partial charge in [0.2, 0.25) is 0 Å². The Hall–Kier alpha value is -1.27. The van der Waals surface area contributed by atoms with Crippen LogP contribution in [0, 0.1) is 0 Å². The third-order valence-electron chi connectivity index (χ3n) is 4.41. The highest BCUT2D eigenvalue weighted by Crippen LogP contribution is 2.26. The van der Waals surface area contributed by atoms with E-state index >= 15 is 0 Å². The summed E-state index contributed by atoms with van der Waals surface area (Å²) in [6.45, 7) is 3.77. The zero-order chi connectivity index (χ0) is 15.4. The minimum Gasteiger partial charge on any atom is -0.480 e. The average molecular weight is 321 g/mol. The number of pyridine rings is 1. The second-order valence-electron chi connectivity index (χ2n) is 5.89. The van der Waals surface area contributed by atoms with Gasteiger partial charge in [-0.2, -0.15) is 11.8 Å². The number of nitrogens with zero attached hydrogens (tertiary/aromatic N) is 3. The molecule has 0 spiro atoms. The van der Waals surface area contributed by atoms with Crippen molar-refractivity contribution in [2.45, 2.75) is 25.3 Å². The fourth-order valence-electron chi connectivity index (χ4n) is 3.21. The Balaban J connectivity index is 1.75. The van der Waals surface area contributed by atoms with E-state index in [0.717, 1.165) is 49.1 Å². The molecule has 1 atom stereocenters. The molecule has 22 heavy (non-hydrogen) atoms. The van der Waals surface area contributed by atoms with Crippen LogP contribution in [0.4, 0.5) is 5.82 Å². The van der Waals surface area contributed by atoms with Gasteiger partial charge in [0.05, 0.1) is 0 Å². The van der Waals surface area contributed by atoms with E-state index in [0.29, 0.717) is 0 Å². The lowest BCUT2D eigenvalue weighted by Gasteiger charge is -2.32. The number of aromatic nitrogens is 1. The number of rotatable bonds is 4. The molecule has 6 heteroatoms. The van der Waals surface area contributed by atoms with Crippen molar-refractivity contribution >= 4 is 23.5 Å². The summed E-state index contributed by atoms with van der Waals surface area (Å²) in [6.07, 6.45) is 5.48. The van der Waals surface area contributed by atoms with Crippen LogP contribution in [-0.4, -0.2) is 58.6 Å². The van der Waals surface area contributed by atoms with Crippen molar-refractivity contribution in [3.8, 4) is 0 Å². The van der Waals surface area contributed by atoms with E-state index < -0.39 is 12.0 Å². The maximum absolute atomic E-state index is 11.7. The molecule has 0 radical (unpaired) electrons. The predicted molar refractivity (Wildman–Crippen MR) is 89.6 cm³/mol. The number of thioether (sulfide) groups is 1. The fraction of sp³-hybridized carbons (Fsp3) is 0.625. The van der Waals surface area contributed by atoms with Crippen LogP contribution in [0.3, 0.4) is 0 Å². The maximum Gasteiger partial charge on any atom is 0.325 e. The van der Waals surface area contributed by atoms with Gasteiger partial charge in [-0.25, -0.2) is 4.98 Å². The van der Waals surface area contributed by atoms with Gasteiger partial charge < -0.3 is 10.0 Å². The van der Waals surface area contributed by atoms with E-state index in [4.69, 9.17) is 0 Å². The van der Waals surface area contributed by atoms with E-state index in [2.05, 4.69) is 14.8 Å². The normalized spacial score (nSPS) is 21.5. The first-order valence-corrected chi connectivity index (χ1v) is 9.17. The number of carbonyl (C=O) groups is 1. The predicted octanol–water partition coefficient (Wildman–Crippen LogP) is 2.25. The molecule has 1 unspecified atom stereocenters. The van der Waals surface area contributed by atoms with Crippen LogP contribution in [0.15, 0.2) is 18.3 Å². The van der Waals surface area contributed by atoms with Crippen molar-refractivity contribution in [1.29, 1.82) is 0 Å².